The van der Waals surface area contributed by atoms with Crippen LogP contribution in [0.3, 0.4) is 0 Å². The maximum Gasteiger partial charge on any atom is 1.00 e. The van der Waals surface area contributed by atoms with Crippen LogP contribution in [-0.4, -0.2) is 28.5 Å². The summed E-state index contributed by atoms with van der Waals surface area (Å²) in [6.07, 6.45) is -2.33. The van der Waals surface area contributed by atoms with Crippen molar-refractivity contribution >= 4 is 13.5 Å². The van der Waals surface area contributed by atoms with Gasteiger partial charge in [-0.05, 0) is 6.16 Å². The minimum atomic E-state index is -2.33. The van der Waals surface area contributed by atoms with E-state index in [1.165, 1.54) is 0 Å². The first-order valence-corrected chi connectivity index (χ1v) is 1.39. The SMILES string of the molecule is O=C([O-])[O-].OB(O)O.[La].[Li+]. The van der Waals surface area contributed by atoms with Gasteiger partial charge in [0.15, 0.2) is 0 Å². The van der Waals surface area contributed by atoms with Crippen LogP contribution in [0.15, 0.2) is 0 Å². The van der Waals surface area contributed by atoms with Gasteiger partial charge in [0.2, 0.25) is 0 Å². The molecule has 9 heteroatoms. The molecule has 0 spiro atoms. The first-order valence-electron chi connectivity index (χ1n) is 1.39. The number of carboxylic acid groups (broad SMARTS) is 2. The molecule has 0 aromatic rings. The molecular formula is CH3BLaLiO6-. The van der Waals surface area contributed by atoms with Crippen LogP contribution in [0.1, 0.15) is 0 Å². The molecule has 0 rings (SSSR count). The first kappa shape index (κ1) is 22.4. The summed E-state index contributed by atoms with van der Waals surface area (Å²) in [5.74, 6) is 0. The standard InChI is InChI=1S/CH2O3.BH3O3.La.Li/c2*2-1(3)4;;/h(H2,2,3,4);2-4H;;/q;;;+1/p-2. The molecule has 0 atom stereocenters. The minimum Gasteiger partial charge on any atom is -0.652 e. The van der Waals surface area contributed by atoms with Crippen LogP contribution in [0.4, 0.5) is 4.79 Å². The Bertz CT molecular complexity index is 62.0. The van der Waals surface area contributed by atoms with E-state index in [1.54, 1.807) is 0 Å². The van der Waals surface area contributed by atoms with E-state index >= 15 is 0 Å². The Labute approximate surface area is 97.2 Å². The molecule has 0 heterocycles. The summed E-state index contributed by atoms with van der Waals surface area (Å²) < 4.78 is 0. The van der Waals surface area contributed by atoms with Crippen molar-refractivity contribution in [2.24, 2.45) is 0 Å². The Balaban J connectivity index is -0.0000000300. The molecule has 0 bridgehead atoms. The zero-order valence-electron chi connectivity index (χ0n) is 5.22. The van der Waals surface area contributed by atoms with E-state index in [1.807, 2.05) is 0 Å². The molecule has 0 fully saturated rings. The molecule has 0 aliphatic heterocycles. The fraction of sp³-hybridized carbons (Fsp3) is 0. The van der Waals surface area contributed by atoms with Crippen molar-refractivity contribution in [1.29, 1.82) is 0 Å². The van der Waals surface area contributed by atoms with Crippen LogP contribution in [0.2, 0.25) is 0 Å². The fourth-order valence-electron chi connectivity index (χ4n) is 0. The molecule has 10 heavy (non-hydrogen) atoms. The van der Waals surface area contributed by atoms with Crippen molar-refractivity contribution < 1.29 is 84.5 Å². The summed E-state index contributed by atoms with van der Waals surface area (Å²) in [4.78, 5) is 8.33. The van der Waals surface area contributed by atoms with Gasteiger partial charge in [-0.3, -0.25) is 0 Å². The average molecular weight is 268 g/mol. The van der Waals surface area contributed by atoms with Gasteiger partial charge in [0.25, 0.3) is 0 Å². The predicted molar refractivity (Wildman–Crippen MR) is 17.8 cm³/mol. The summed E-state index contributed by atoms with van der Waals surface area (Å²) in [7, 11) is -2.17. The molecule has 1 radical (unpaired) electrons. The van der Waals surface area contributed by atoms with Gasteiger partial charge in [0, 0.05) is 35.6 Å². The fourth-order valence-corrected chi connectivity index (χ4v) is 0. The minimum absolute atomic E-state index is 0. The molecule has 0 aromatic heterocycles. The predicted octanol–water partition coefficient (Wildman–Crippen LogP) is -7.49. The van der Waals surface area contributed by atoms with Crippen LogP contribution in [0.25, 0.3) is 0 Å². The average Bonchev–Trinajstić information content (AvgIpc) is 1.25. The molecule has 0 saturated carbocycles. The van der Waals surface area contributed by atoms with E-state index in [4.69, 9.17) is 30.1 Å². The van der Waals surface area contributed by atoms with E-state index in [0.717, 1.165) is 0 Å². The van der Waals surface area contributed by atoms with Crippen LogP contribution >= 0.6 is 0 Å². The van der Waals surface area contributed by atoms with Gasteiger partial charge in [-0.1, -0.05) is 0 Å². The summed E-state index contributed by atoms with van der Waals surface area (Å²) in [5, 5.41) is 38.2. The topological polar surface area (TPSA) is 124 Å². The van der Waals surface area contributed by atoms with Crippen molar-refractivity contribution in [1.82, 2.24) is 0 Å². The largest absolute Gasteiger partial charge is 1.00 e. The van der Waals surface area contributed by atoms with Crippen LogP contribution < -0.4 is 29.1 Å². The first-order chi connectivity index (χ1) is 3.46. The number of carbonyl (C=O) groups is 1. The van der Waals surface area contributed by atoms with Gasteiger partial charge in [-0.2, -0.15) is 0 Å². The quantitative estimate of drug-likeness (QED) is 0.375. The van der Waals surface area contributed by atoms with Gasteiger partial charge in [-0.15, -0.1) is 0 Å². The second-order valence-electron chi connectivity index (χ2n) is 0.596. The number of hydrogen-bond acceptors (Lipinski definition) is 6. The third-order valence-electron chi connectivity index (χ3n) is 0. The van der Waals surface area contributed by atoms with Crippen LogP contribution in [0.5, 0.6) is 0 Å². The maximum absolute atomic E-state index is 8.33. The summed E-state index contributed by atoms with van der Waals surface area (Å²) in [5.41, 5.74) is 0. The molecule has 0 unspecified atom stereocenters. The van der Waals surface area contributed by atoms with Gasteiger partial charge in [0.05, 0.1) is 0 Å². The number of rotatable bonds is 0. The van der Waals surface area contributed by atoms with E-state index < -0.39 is 13.5 Å². The second kappa shape index (κ2) is 16.5. The van der Waals surface area contributed by atoms with E-state index in [-0.39, 0.29) is 54.5 Å². The Morgan fingerprint density at radius 3 is 1.20 bits per heavy atom. The normalized spacial score (nSPS) is 5.10. The monoisotopic (exact) mass is 268 g/mol. The molecule has 0 aromatic carbocycles. The smallest absolute Gasteiger partial charge is 0.652 e. The molecule has 0 amide bonds. The summed E-state index contributed by atoms with van der Waals surface area (Å²) in [6.45, 7) is 0. The molecule has 0 aliphatic carbocycles. The van der Waals surface area contributed by atoms with Crippen LogP contribution in [0, 0.1) is 35.6 Å². The second-order valence-corrected chi connectivity index (χ2v) is 0.596. The van der Waals surface area contributed by atoms with Gasteiger partial charge in [-0.25, -0.2) is 0 Å². The Morgan fingerprint density at radius 1 is 1.20 bits per heavy atom. The van der Waals surface area contributed by atoms with Crippen LogP contribution in [-0.2, 0) is 0 Å². The Morgan fingerprint density at radius 2 is 1.20 bits per heavy atom. The maximum atomic E-state index is 8.33. The number of carbonyl (C=O) groups excluding carboxylic acids is 1. The molecular weight excluding hydrogens is 265 g/mol. The molecule has 0 aliphatic rings. The van der Waals surface area contributed by atoms with Crippen molar-refractivity contribution in [3.8, 4) is 0 Å². The van der Waals surface area contributed by atoms with E-state index in [9.17, 15) is 0 Å². The van der Waals surface area contributed by atoms with Gasteiger partial charge in [0.1, 0.15) is 0 Å². The molecule has 0 saturated heterocycles. The van der Waals surface area contributed by atoms with Gasteiger partial charge < -0.3 is 30.1 Å². The zero-order valence-corrected chi connectivity index (χ0v) is 8.85. The van der Waals surface area contributed by atoms with Crippen molar-refractivity contribution in [3.05, 3.63) is 0 Å². The molecule has 6 nitrogen and oxygen atoms in total. The number of hydrogen-bond donors (Lipinski definition) is 3. The van der Waals surface area contributed by atoms with Gasteiger partial charge >= 0.3 is 26.2 Å². The summed E-state index contributed by atoms with van der Waals surface area (Å²) >= 11 is 0. The summed E-state index contributed by atoms with van der Waals surface area (Å²) in [6, 6.07) is 0. The molecule has 51 valence electrons. The van der Waals surface area contributed by atoms with E-state index in [2.05, 4.69) is 0 Å². The Kier molecular flexibility index (Phi) is 37.1. The van der Waals surface area contributed by atoms with E-state index in [0.29, 0.717) is 0 Å². The third kappa shape index (κ3) is 569. The van der Waals surface area contributed by atoms with Crippen molar-refractivity contribution in [2.75, 3.05) is 0 Å². The molecule has 3 N–H and O–H groups in total. The Hall–Kier alpha value is 1.01. The van der Waals surface area contributed by atoms with Crippen molar-refractivity contribution in [3.63, 3.8) is 0 Å². The van der Waals surface area contributed by atoms with Crippen molar-refractivity contribution in [2.45, 2.75) is 0 Å². The zero-order chi connectivity index (χ0) is 7.15. The third-order valence-corrected chi connectivity index (χ3v) is 0.